The molecule has 3 heterocycles. The van der Waals surface area contributed by atoms with Crippen molar-refractivity contribution in [3.8, 4) is 0 Å². The Balaban J connectivity index is 2.13. The second-order valence-electron chi connectivity index (χ2n) is 4.35. The molecule has 2 aromatic heterocycles. The fourth-order valence-corrected chi connectivity index (χ4v) is 2.81. The smallest absolute Gasteiger partial charge is 0.280 e. The van der Waals surface area contributed by atoms with Crippen molar-refractivity contribution in [3.05, 3.63) is 15.1 Å². The van der Waals surface area contributed by atoms with E-state index in [9.17, 15) is 4.79 Å². The Labute approximate surface area is 115 Å². The van der Waals surface area contributed by atoms with Gasteiger partial charge < -0.3 is 15.6 Å². The molecule has 0 spiro atoms. The highest BCUT2D eigenvalue weighted by molar-refractivity contribution is 9.10. The average molecular weight is 330 g/mol. The first-order chi connectivity index (χ1) is 9.10. The molecule has 2 aromatic rings. The Kier molecular flexibility index (Phi) is 3.03. The van der Waals surface area contributed by atoms with Crippen LogP contribution in [-0.4, -0.2) is 37.3 Å². The van der Waals surface area contributed by atoms with Crippen molar-refractivity contribution in [2.45, 2.75) is 25.2 Å². The number of H-pyrrole nitrogens is 1. The molecule has 1 saturated heterocycles. The van der Waals surface area contributed by atoms with Crippen LogP contribution in [0.25, 0.3) is 11.2 Å². The van der Waals surface area contributed by atoms with E-state index in [0.717, 1.165) is 6.42 Å². The number of nitrogens with zero attached hydrogens (tertiary/aromatic N) is 3. The number of aliphatic hydroxyl groups excluding tert-OH is 1. The highest BCUT2D eigenvalue weighted by atomic mass is 79.9. The third kappa shape index (κ3) is 2.03. The molecule has 2 atom stereocenters. The van der Waals surface area contributed by atoms with E-state index >= 15 is 0 Å². The van der Waals surface area contributed by atoms with Crippen molar-refractivity contribution in [1.29, 1.82) is 0 Å². The Bertz CT molecular complexity index is 682. The van der Waals surface area contributed by atoms with Gasteiger partial charge in [0.25, 0.3) is 5.56 Å². The molecule has 2 unspecified atom stereocenters. The van der Waals surface area contributed by atoms with E-state index in [-0.39, 0.29) is 30.4 Å². The molecule has 0 aliphatic carbocycles. The van der Waals surface area contributed by atoms with Gasteiger partial charge in [-0.25, -0.2) is 4.98 Å². The van der Waals surface area contributed by atoms with E-state index in [0.29, 0.717) is 16.8 Å². The first-order valence-corrected chi connectivity index (χ1v) is 6.59. The van der Waals surface area contributed by atoms with Gasteiger partial charge in [-0.1, -0.05) is 0 Å². The minimum absolute atomic E-state index is 0.0304. The van der Waals surface area contributed by atoms with Crippen LogP contribution in [0.5, 0.6) is 0 Å². The summed E-state index contributed by atoms with van der Waals surface area (Å²) in [5.74, 6) is 0.0304. The maximum absolute atomic E-state index is 11.7. The number of aromatic amines is 1. The summed E-state index contributed by atoms with van der Waals surface area (Å²) in [7, 11) is 0. The third-order valence-corrected chi connectivity index (χ3v) is 3.66. The standard InChI is InChI=1S/C10H12BrN5O3/c11-9-13-6-7(14-10(12)15-8(6)18)16(9)5-2-1-4(3-17)19-5/h4-5,17H,1-3H2,(H3,12,14,15,18). The van der Waals surface area contributed by atoms with Crippen molar-refractivity contribution in [2.24, 2.45) is 0 Å². The number of nitrogens with one attached hydrogen (secondary N) is 1. The first kappa shape index (κ1) is 12.6. The Morgan fingerprint density at radius 3 is 3.00 bits per heavy atom. The fourth-order valence-electron chi connectivity index (χ4n) is 2.24. The fraction of sp³-hybridized carbons (Fsp3) is 0.500. The molecule has 0 amide bonds. The molecule has 3 rings (SSSR count). The highest BCUT2D eigenvalue weighted by Crippen LogP contribution is 2.32. The maximum Gasteiger partial charge on any atom is 0.280 e. The first-order valence-electron chi connectivity index (χ1n) is 5.79. The summed E-state index contributed by atoms with van der Waals surface area (Å²) in [6, 6.07) is 0. The number of nitrogen functional groups attached to an aromatic ring is 1. The van der Waals surface area contributed by atoms with Crippen LogP contribution in [0, 0.1) is 0 Å². The minimum Gasteiger partial charge on any atom is -0.394 e. The quantitative estimate of drug-likeness (QED) is 0.674. The molecule has 4 N–H and O–H groups in total. The van der Waals surface area contributed by atoms with Gasteiger partial charge in [-0.15, -0.1) is 0 Å². The van der Waals surface area contributed by atoms with E-state index in [1.165, 1.54) is 0 Å². The second kappa shape index (κ2) is 4.58. The SMILES string of the molecule is Nc1nc2c(nc(Br)n2C2CCC(CO)O2)c(=O)[nH]1. The molecule has 8 nitrogen and oxygen atoms in total. The minimum atomic E-state index is -0.390. The van der Waals surface area contributed by atoms with Crippen LogP contribution in [-0.2, 0) is 4.74 Å². The molecular formula is C10H12BrN5O3. The van der Waals surface area contributed by atoms with Gasteiger partial charge in [-0.05, 0) is 28.8 Å². The van der Waals surface area contributed by atoms with Crippen LogP contribution in [0.2, 0.25) is 0 Å². The number of hydrogen-bond donors (Lipinski definition) is 3. The van der Waals surface area contributed by atoms with Gasteiger partial charge in [0.05, 0.1) is 12.7 Å². The van der Waals surface area contributed by atoms with E-state index in [1.807, 2.05) is 0 Å². The summed E-state index contributed by atoms with van der Waals surface area (Å²) in [4.78, 5) is 22.4. The molecule has 9 heteroatoms. The van der Waals surface area contributed by atoms with E-state index in [2.05, 4.69) is 30.9 Å². The number of aliphatic hydroxyl groups is 1. The molecule has 19 heavy (non-hydrogen) atoms. The van der Waals surface area contributed by atoms with Crippen molar-refractivity contribution in [1.82, 2.24) is 19.5 Å². The number of halogens is 1. The zero-order chi connectivity index (χ0) is 13.6. The third-order valence-electron chi connectivity index (χ3n) is 3.10. The molecule has 0 aromatic carbocycles. The molecule has 1 aliphatic rings. The van der Waals surface area contributed by atoms with Gasteiger partial charge in [-0.3, -0.25) is 14.3 Å². The topological polar surface area (TPSA) is 119 Å². The molecule has 102 valence electrons. The summed E-state index contributed by atoms with van der Waals surface area (Å²) >= 11 is 3.30. The van der Waals surface area contributed by atoms with Crippen molar-refractivity contribution >= 4 is 33.0 Å². The Morgan fingerprint density at radius 1 is 1.53 bits per heavy atom. The number of hydrogen-bond acceptors (Lipinski definition) is 6. The van der Waals surface area contributed by atoms with Crippen LogP contribution in [0.4, 0.5) is 5.95 Å². The molecule has 0 radical (unpaired) electrons. The molecule has 0 bridgehead atoms. The molecule has 1 aliphatic heterocycles. The number of imidazole rings is 1. The lowest BCUT2D eigenvalue weighted by molar-refractivity contribution is -0.0217. The van der Waals surface area contributed by atoms with Crippen LogP contribution in [0.1, 0.15) is 19.1 Å². The molecule has 0 saturated carbocycles. The van der Waals surface area contributed by atoms with Gasteiger partial charge in [0.2, 0.25) is 5.95 Å². The van der Waals surface area contributed by atoms with Gasteiger partial charge >= 0.3 is 0 Å². The predicted octanol–water partition coefficient (Wildman–Crippen LogP) is 0.134. The molecule has 1 fully saturated rings. The van der Waals surface area contributed by atoms with Gasteiger partial charge in [0.1, 0.15) is 6.23 Å². The van der Waals surface area contributed by atoms with E-state index in [1.54, 1.807) is 4.57 Å². The van der Waals surface area contributed by atoms with Gasteiger partial charge in [0.15, 0.2) is 15.9 Å². The summed E-state index contributed by atoms with van der Waals surface area (Å²) in [5.41, 5.74) is 5.74. The van der Waals surface area contributed by atoms with Crippen molar-refractivity contribution < 1.29 is 9.84 Å². The number of fused-ring (bicyclic) bond motifs is 1. The zero-order valence-electron chi connectivity index (χ0n) is 9.84. The van der Waals surface area contributed by atoms with Crippen LogP contribution in [0.3, 0.4) is 0 Å². The number of rotatable bonds is 2. The number of anilines is 1. The number of nitrogens with two attached hydrogens (primary N) is 1. The van der Waals surface area contributed by atoms with Crippen LogP contribution >= 0.6 is 15.9 Å². The van der Waals surface area contributed by atoms with E-state index < -0.39 is 5.56 Å². The lowest BCUT2D eigenvalue weighted by Crippen LogP contribution is -2.16. The summed E-state index contributed by atoms with van der Waals surface area (Å²) in [5, 5.41) is 9.10. The maximum atomic E-state index is 11.7. The average Bonchev–Trinajstić information content (AvgIpc) is 2.93. The number of ether oxygens (including phenoxy) is 1. The summed E-state index contributed by atoms with van der Waals surface area (Å²) in [6.45, 7) is -0.0309. The van der Waals surface area contributed by atoms with Gasteiger partial charge in [-0.2, -0.15) is 4.98 Å². The summed E-state index contributed by atoms with van der Waals surface area (Å²) in [6.07, 6.45) is 0.939. The predicted molar refractivity (Wildman–Crippen MR) is 70.5 cm³/mol. The molecular weight excluding hydrogens is 318 g/mol. The van der Waals surface area contributed by atoms with Crippen LogP contribution < -0.4 is 11.3 Å². The lowest BCUT2D eigenvalue weighted by atomic mass is 10.2. The van der Waals surface area contributed by atoms with E-state index in [4.69, 9.17) is 15.6 Å². The van der Waals surface area contributed by atoms with Crippen LogP contribution in [0.15, 0.2) is 9.53 Å². The van der Waals surface area contributed by atoms with Crippen molar-refractivity contribution in [2.75, 3.05) is 12.3 Å². The number of aromatic nitrogens is 4. The highest BCUT2D eigenvalue weighted by Gasteiger charge is 2.29. The monoisotopic (exact) mass is 329 g/mol. The zero-order valence-corrected chi connectivity index (χ0v) is 11.4. The largest absolute Gasteiger partial charge is 0.394 e. The Hall–Kier alpha value is -1.45. The van der Waals surface area contributed by atoms with Crippen molar-refractivity contribution in [3.63, 3.8) is 0 Å². The second-order valence-corrected chi connectivity index (χ2v) is 5.06. The summed E-state index contributed by atoms with van der Waals surface area (Å²) < 4.78 is 7.80. The lowest BCUT2D eigenvalue weighted by Gasteiger charge is -2.15. The normalized spacial score (nSPS) is 23.3. The Morgan fingerprint density at radius 2 is 2.32 bits per heavy atom. The van der Waals surface area contributed by atoms with Gasteiger partial charge in [0, 0.05) is 0 Å².